The molecule has 6 heteroatoms. The molecule has 0 saturated carbocycles. The van der Waals surface area contributed by atoms with Crippen LogP contribution in [-0.2, 0) is 14.4 Å². The summed E-state index contributed by atoms with van der Waals surface area (Å²) in [7, 11) is 1.51. The monoisotopic (exact) mass is 243 g/mol. The third-order valence-corrected chi connectivity index (χ3v) is 2.35. The van der Waals surface area contributed by atoms with Crippen molar-refractivity contribution in [1.82, 2.24) is 10.2 Å². The van der Waals surface area contributed by atoms with Gasteiger partial charge in [0.15, 0.2) is 0 Å². The number of rotatable bonds is 6. The number of carbonyl (C=O) groups is 3. The first-order valence-corrected chi connectivity index (χ1v) is 5.54. The summed E-state index contributed by atoms with van der Waals surface area (Å²) in [4.78, 5) is 34.7. The van der Waals surface area contributed by atoms with Gasteiger partial charge in [-0.05, 0) is 12.8 Å². The molecule has 2 amide bonds. The average molecular weight is 243 g/mol. The number of hydrogen-bond donors (Lipinski definition) is 2. The number of nitrogens with one attached hydrogen (secondary N) is 1. The zero-order chi connectivity index (χ0) is 13.6. The van der Waals surface area contributed by atoms with E-state index in [4.69, 9.17) is 5.73 Å². The van der Waals surface area contributed by atoms with Gasteiger partial charge in [-0.3, -0.25) is 9.59 Å². The summed E-state index contributed by atoms with van der Waals surface area (Å²) in [6.07, 6.45) is 0.625. The fraction of sp³-hybridized carbons (Fsp3) is 0.727. The molecule has 3 N–H and O–H groups in total. The molecule has 0 rings (SSSR count). The molecule has 98 valence electrons. The third-order valence-electron chi connectivity index (χ3n) is 2.35. The van der Waals surface area contributed by atoms with Crippen LogP contribution < -0.4 is 11.1 Å². The Hall–Kier alpha value is -1.43. The van der Waals surface area contributed by atoms with Crippen molar-refractivity contribution >= 4 is 18.1 Å². The van der Waals surface area contributed by atoms with Crippen LogP contribution in [0.1, 0.15) is 20.8 Å². The molecule has 0 aliphatic rings. The molecule has 0 aliphatic heterocycles. The molecule has 0 radical (unpaired) electrons. The summed E-state index contributed by atoms with van der Waals surface area (Å²) in [5, 5.41) is 2.44. The van der Waals surface area contributed by atoms with E-state index in [9.17, 15) is 14.4 Å². The van der Waals surface area contributed by atoms with E-state index in [0.717, 1.165) is 0 Å². The smallest absolute Gasteiger partial charge is 0.240 e. The molecule has 0 aliphatic carbocycles. The molecule has 0 saturated heterocycles. The van der Waals surface area contributed by atoms with Crippen LogP contribution in [0.5, 0.6) is 0 Å². The van der Waals surface area contributed by atoms with Crippen LogP contribution in [0.3, 0.4) is 0 Å². The Morgan fingerprint density at radius 3 is 2.29 bits per heavy atom. The van der Waals surface area contributed by atoms with Crippen molar-refractivity contribution in [1.29, 1.82) is 0 Å². The Balaban J connectivity index is 4.25. The van der Waals surface area contributed by atoms with Gasteiger partial charge in [-0.2, -0.15) is 0 Å². The van der Waals surface area contributed by atoms with Crippen LogP contribution in [0, 0.1) is 5.92 Å². The van der Waals surface area contributed by atoms with E-state index in [-0.39, 0.29) is 24.3 Å². The van der Waals surface area contributed by atoms with Crippen molar-refractivity contribution in [3.8, 4) is 0 Å². The number of likely N-dealkylation sites (N-methyl/N-ethyl adjacent to an activating group) is 1. The Kier molecular flexibility index (Phi) is 6.42. The minimum atomic E-state index is -0.615. The van der Waals surface area contributed by atoms with Crippen LogP contribution in [0.25, 0.3) is 0 Å². The minimum absolute atomic E-state index is 0.0157. The highest BCUT2D eigenvalue weighted by Gasteiger charge is 2.22. The molecular weight excluding hydrogens is 222 g/mol. The maximum Gasteiger partial charge on any atom is 0.240 e. The van der Waals surface area contributed by atoms with Crippen molar-refractivity contribution in [2.24, 2.45) is 11.7 Å². The molecule has 0 aromatic rings. The molecule has 0 spiro atoms. The SMILES string of the molecule is CC(C=O)NC(=O)CN(C)C(=O)C(N)C(C)C. The molecule has 0 aromatic carbocycles. The van der Waals surface area contributed by atoms with Crippen LogP contribution >= 0.6 is 0 Å². The van der Waals surface area contributed by atoms with Gasteiger partial charge in [0, 0.05) is 7.05 Å². The first-order valence-electron chi connectivity index (χ1n) is 5.54. The molecule has 0 aromatic heterocycles. The maximum absolute atomic E-state index is 11.7. The van der Waals surface area contributed by atoms with Gasteiger partial charge in [0.1, 0.15) is 6.29 Å². The van der Waals surface area contributed by atoms with Gasteiger partial charge in [-0.25, -0.2) is 0 Å². The van der Waals surface area contributed by atoms with Gasteiger partial charge >= 0.3 is 0 Å². The molecule has 17 heavy (non-hydrogen) atoms. The van der Waals surface area contributed by atoms with E-state index < -0.39 is 12.1 Å². The first kappa shape index (κ1) is 15.6. The zero-order valence-electron chi connectivity index (χ0n) is 10.8. The topological polar surface area (TPSA) is 92.5 Å². The molecule has 6 nitrogen and oxygen atoms in total. The van der Waals surface area contributed by atoms with E-state index in [2.05, 4.69) is 5.32 Å². The van der Waals surface area contributed by atoms with Crippen molar-refractivity contribution < 1.29 is 14.4 Å². The third kappa shape index (κ3) is 5.44. The van der Waals surface area contributed by atoms with Crippen LogP contribution in [0.2, 0.25) is 0 Å². The fourth-order valence-corrected chi connectivity index (χ4v) is 1.17. The quantitative estimate of drug-likeness (QED) is 0.593. The summed E-state index contributed by atoms with van der Waals surface area (Å²) in [6.45, 7) is 5.14. The van der Waals surface area contributed by atoms with E-state index in [1.807, 2.05) is 13.8 Å². The number of nitrogens with zero attached hydrogens (tertiary/aromatic N) is 1. The van der Waals surface area contributed by atoms with Gasteiger partial charge < -0.3 is 20.7 Å². The predicted molar refractivity (Wildman–Crippen MR) is 64.1 cm³/mol. The van der Waals surface area contributed by atoms with Crippen molar-refractivity contribution in [2.45, 2.75) is 32.9 Å². The number of aldehydes is 1. The fourth-order valence-electron chi connectivity index (χ4n) is 1.17. The lowest BCUT2D eigenvalue weighted by Crippen LogP contribution is -2.49. The van der Waals surface area contributed by atoms with Crippen molar-refractivity contribution in [2.75, 3.05) is 13.6 Å². The van der Waals surface area contributed by atoms with Gasteiger partial charge in [0.25, 0.3) is 0 Å². The number of nitrogens with two attached hydrogens (primary N) is 1. The van der Waals surface area contributed by atoms with Crippen molar-refractivity contribution in [3.05, 3.63) is 0 Å². The minimum Gasteiger partial charge on any atom is -0.345 e. The maximum atomic E-state index is 11.7. The highest BCUT2D eigenvalue weighted by atomic mass is 16.2. The average Bonchev–Trinajstić information content (AvgIpc) is 2.26. The number of amides is 2. The zero-order valence-corrected chi connectivity index (χ0v) is 10.8. The number of carbonyl (C=O) groups excluding carboxylic acids is 3. The molecule has 0 bridgehead atoms. The summed E-state index contributed by atoms with van der Waals surface area (Å²) in [6, 6.07) is -1.17. The highest BCUT2D eigenvalue weighted by molar-refractivity contribution is 5.88. The van der Waals surface area contributed by atoms with E-state index in [1.165, 1.54) is 11.9 Å². The second-order valence-corrected chi connectivity index (χ2v) is 4.46. The Morgan fingerprint density at radius 2 is 1.88 bits per heavy atom. The molecule has 0 heterocycles. The van der Waals surface area contributed by atoms with Crippen LogP contribution in [0.15, 0.2) is 0 Å². The lowest BCUT2D eigenvalue weighted by atomic mass is 10.0. The Labute approximate surface area is 102 Å². The molecule has 2 unspecified atom stereocenters. The Bertz CT molecular complexity index is 292. The second kappa shape index (κ2) is 7.01. The highest BCUT2D eigenvalue weighted by Crippen LogP contribution is 2.01. The van der Waals surface area contributed by atoms with Crippen LogP contribution in [0.4, 0.5) is 0 Å². The van der Waals surface area contributed by atoms with Gasteiger partial charge in [0.05, 0.1) is 18.6 Å². The number of hydrogen-bond acceptors (Lipinski definition) is 4. The predicted octanol–water partition coefficient (Wildman–Crippen LogP) is -0.868. The van der Waals surface area contributed by atoms with Gasteiger partial charge in [0.2, 0.25) is 11.8 Å². The molecular formula is C11H21N3O3. The van der Waals surface area contributed by atoms with E-state index in [0.29, 0.717) is 6.29 Å². The largest absolute Gasteiger partial charge is 0.345 e. The van der Waals surface area contributed by atoms with Crippen molar-refractivity contribution in [3.63, 3.8) is 0 Å². The first-order chi connectivity index (χ1) is 7.79. The lowest BCUT2D eigenvalue weighted by Gasteiger charge is -2.23. The second-order valence-electron chi connectivity index (χ2n) is 4.46. The lowest BCUT2D eigenvalue weighted by molar-refractivity contribution is -0.136. The van der Waals surface area contributed by atoms with E-state index >= 15 is 0 Å². The summed E-state index contributed by atoms with van der Waals surface area (Å²) in [5.74, 6) is -0.646. The Morgan fingerprint density at radius 1 is 1.35 bits per heavy atom. The molecule has 0 fully saturated rings. The standard InChI is InChI=1S/C11H21N3O3/c1-7(2)10(12)11(17)14(4)5-9(16)13-8(3)6-15/h6-8,10H,5,12H2,1-4H3,(H,13,16). The summed E-state index contributed by atoms with van der Waals surface area (Å²) >= 11 is 0. The van der Waals surface area contributed by atoms with Crippen LogP contribution in [-0.4, -0.2) is 48.7 Å². The summed E-state index contributed by atoms with van der Waals surface area (Å²) < 4.78 is 0. The summed E-state index contributed by atoms with van der Waals surface area (Å²) in [5.41, 5.74) is 5.68. The molecule has 2 atom stereocenters. The van der Waals surface area contributed by atoms with Gasteiger partial charge in [-0.15, -0.1) is 0 Å². The van der Waals surface area contributed by atoms with E-state index in [1.54, 1.807) is 6.92 Å². The normalized spacial score (nSPS) is 14.0. The van der Waals surface area contributed by atoms with Gasteiger partial charge in [-0.1, -0.05) is 13.8 Å².